The van der Waals surface area contributed by atoms with Crippen molar-refractivity contribution < 1.29 is 9.18 Å². The number of carbonyl (C=O) groups excluding carboxylic acids is 1. The predicted octanol–water partition coefficient (Wildman–Crippen LogP) is 2.22. The van der Waals surface area contributed by atoms with Gasteiger partial charge in [0.2, 0.25) is 0 Å². The van der Waals surface area contributed by atoms with E-state index in [-0.39, 0.29) is 35.7 Å². The van der Waals surface area contributed by atoms with Gasteiger partial charge in [0.15, 0.2) is 5.69 Å². The number of benzene rings is 1. The van der Waals surface area contributed by atoms with Gasteiger partial charge in [-0.1, -0.05) is 16.8 Å². The highest BCUT2D eigenvalue weighted by atomic mass is 35.5. The van der Waals surface area contributed by atoms with Crippen LogP contribution in [0.1, 0.15) is 22.6 Å². The van der Waals surface area contributed by atoms with Crippen LogP contribution < -0.4 is 5.32 Å². The molecule has 0 radical (unpaired) electrons. The Kier molecular flexibility index (Phi) is 5.79. The molecule has 0 saturated carbocycles. The number of nitrogens with zero attached hydrogens (tertiary/aromatic N) is 4. The Morgan fingerprint density at radius 1 is 1.50 bits per heavy atom. The molecule has 2 aromatic rings. The molecule has 1 N–H and O–H groups in total. The lowest BCUT2D eigenvalue weighted by Crippen LogP contribution is -2.38. The van der Waals surface area contributed by atoms with Crippen LogP contribution in [0.15, 0.2) is 18.2 Å². The zero-order valence-electron chi connectivity index (χ0n) is 13.3. The van der Waals surface area contributed by atoms with Crippen LogP contribution in [0.4, 0.5) is 4.39 Å². The molecule has 0 bridgehead atoms. The summed E-state index contributed by atoms with van der Waals surface area (Å²) in [6.45, 7) is 3.35. The van der Waals surface area contributed by atoms with Gasteiger partial charge < -0.3 is 10.2 Å². The van der Waals surface area contributed by atoms with Gasteiger partial charge in [-0.15, -0.1) is 17.5 Å². The monoisotopic (exact) mass is 373 g/mol. The molecule has 0 aliphatic carbocycles. The van der Waals surface area contributed by atoms with Crippen LogP contribution in [0, 0.1) is 12.7 Å². The van der Waals surface area contributed by atoms with Gasteiger partial charge in [-0.05, 0) is 38.1 Å². The Morgan fingerprint density at radius 2 is 2.25 bits per heavy atom. The molecular formula is C15H18Cl2FN5O. The number of hydrogen-bond donors (Lipinski definition) is 1. The Balaban J connectivity index is 0.00000208. The van der Waals surface area contributed by atoms with Crippen LogP contribution in [0.25, 0.3) is 5.69 Å². The van der Waals surface area contributed by atoms with Crippen LogP contribution in [-0.2, 0) is 0 Å². The maximum Gasteiger partial charge on any atom is 0.276 e. The first kappa shape index (κ1) is 18.6. The summed E-state index contributed by atoms with van der Waals surface area (Å²) in [7, 11) is 1.75. The number of halogens is 3. The van der Waals surface area contributed by atoms with E-state index in [9.17, 15) is 9.18 Å². The smallest absolute Gasteiger partial charge is 0.276 e. The van der Waals surface area contributed by atoms with Crippen molar-refractivity contribution in [3.63, 3.8) is 0 Å². The fourth-order valence-electron chi connectivity index (χ4n) is 2.71. The molecule has 3 rings (SSSR count). The average Bonchev–Trinajstić information content (AvgIpc) is 3.16. The number of aromatic nitrogens is 3. The SMILES string of the molecule is Cc1c(C(=O)N(C)C2CCNC2)nnn1-c1ccc(Cl)cc1F.Cl. The van der Waals surface area contributed by atoms with Crippen molar-refractivity contribution in [2.75, 3.05) is 20.1 Å². The van der Waals surface area contributed by atoms with Gasteiger partial charge in [-0.25, -0.2) is 9.07 Å². The molecule has 24 heavy (non-hydrogen) atoms. The molecule has 1 atom stereocenters. The normalized spacial score (nSPS) is 16.8. The van der Waals surface area contributed by atoms with Crippen molar-refractivity contribution in [3.05, 3.63) is 40.4 Å². The number of carbonyl (C=O) groups is 1. The molecule has 1 aliphatic heterocycles. The highest BCUT2D eigenvalue weighted by molar-refractivity contribution is 6.30. The van der Waals surface area contributed by atoms with Crippen LogP contribution in [0.2, 0.25) is 5.02 Å². The molecule has 1 fully saturated rings. The van der Waals surface area contributed by atoms with Crippen LogP contribution in [-0.4, -0.2) is 52.0 Å². The van der Waals surface area contributed by atoms with E-state index in [1.165, 1.54) is 16.8 Å². The van der Waals surface area contributed by atoms with Gasteiger partial charge in [-0.2, -0.15) is 0 Å². The molecule has 130 valence electrons. The summed E-state index contributed by atoms with van der Waals surface area (Å²) in [5, 5.41) is 11.4. The second-order valence-electron chi connectivity index (χ2n) is 5.59. The summed E-state index contributed by atoms with van der Waals surface area (Å²) in [6.07, 6.45) is 0.904. The standard InChI is InChI=1S/C15H17ClFN5O.ClH/c1-9-14(15(23)21(2)11-5-6-18-8-11)19-20-22(9)13-4-3-10(16)7-12(13)17;/h3-4,7,11,18H,5-6,8H2,1-2H3;1H. The fraction of sp³-hybridized carbons (Fsp3) is 0.400. The summed E-state index contributed by atoms with van der Waals surface area (Å²) >= 11 is 5.76. The van der Waals surface area contributed by atoms with Gasteiger partial charge in [0.1, 0.15) is 11.5 Å². The molecule has 0 spiro atoms. The van der Waals surface area contributed by atoms with Crippen LogP contribution >= 0.6 is 24.0 Å². The number of amides is 1. The Labute approximate surface area is 150 Å². The molecular weight excluding hydrogens is 356 g/mol. The number of rotatable bonds is 3. The lowest BCUT2D eigenvalue weighted by atomic mass is 10.2. The summed E-state index contributed by atoms with van der Waals surface area (Å²) < 4.78 is 15.4. The third kappa shape index (κ3) is 3.38. The van der Waals surface area contributed by atoms with Crippen molar-refractivity contribution in [2.24, 2.45) is 0 Å². The maximum absolute atomic E-state index is 14.1. The highest BCUT2D eigenvalue weighted by Gasteiger charge is 2.28. The topological polar surface area (TPSA) is 63.1 Å². The van der Waals surface area contributed by atoms with E-state index in [2.05, 4.69) is 15.6 Å². The van der Waals surface area contributed by atoms with Gasteiger partial charge in [0, 0.05) is 24.7 Å². The van der Waals surface area contributed by atoms with Crippen molar-refractivity contribution in [3.8, 4) is 5.69 Å². The molecule has 1 aromatic carbocycles. The maximum atomic E-state index is 14.1. The quantitative estimate of drug-likeness (QED) is 0.895. The first-order valence-corrected chi connectivity index (χ1v) is 7.72. The third-order valence-corrected chi connectivity index (χ3v) is 4.37. The molecule has 1 aliphatic rings. The van der Waals surface area contributed by atoms with Crippen molar-refractivity contribution >= 4 is 29.9 Å². The molecule has 1 amide bonds. The summed E-state index contributed by atoms with van der Waals surface area (Å²) in [6, 6.07) is 4.42. The van der Waals surface area contributed by atoms with E-state index >= 15 is 0 Å². The van der Waals surface area contributed by atoms with Gasteiger partial charge in [0.05, 0.1) is 5.69 Å². The van der Waals surface area contributed by atoms with E-state index < -0.39 is 5.82 Å². The predicted molar refractivity (Wildman–Crippen MR) is 91.7 cm³/mol. The summed E-state index contributed by atoms with van der Waals surface area (Å²) in [4.78, 5) is 14.3. The van der Waals surface area contributed by atoms with E-state index in [0.717, 1.165) is 19.5 Å². The first-order chi connectivity index (χ1) is 11.0. The molecule has 1 saturated heterocycles. The van der Waals surface area contributed by atoms with Crippen LogP contribution in [0.3, 0.4) is 0 Å². The first-order valence-electron chi connectivity index (χ1n) is 7.34. The minimum atomic E-state index is -0.516. The summed E-state index contributed by atoms with van der Waals surface area (Å²) in [5.74, 6) is -0.727. The highest BCUT2D eigenvalue weighted by Crippen LogP contribution is 2.20. The van der Waals surface area contributed by atoms with Gasteiger partial charge in [-0.3, -0.25) is 4.79 Å². The second-order valence-corrected chi connectivity index (χ2v) is 6.03. The Bertz CT molecular complexity index is 745. The molecule has 1 unspecified atom stereocenters. The molecule has 2 heterocycles. The minimum Gasteiger partial charge on any atom is -0.336 e. The average molecular weight is 374 g/mol. The Hall–Kier alpha value is -1.70. The molecule has 6 nitrogen and oxygen atoms in total. The minimum absolute atomic E-state index is 0. The number of nitrogens with one attached hydrogen (secondary N) is 1. The van der Waals surface area contributed by atoms with Crippen molar-refractivity contribution in [1.29, 1.82) is 0 Å². The van der Waals surface area contributed by atoms with E-state index in [0.29, 0.717) is 10.7 Å². The van der Waals surface area contributed by atoms with Crippen molar-refractivity contribution in [1.82, 2.24) is 25.2 Å². The zero-order valence-corrected chi connectivity index (χ0v) is 14.9. The van der Waals surface area contributed by atoms with Gasteiger partial charge >= 0.3 is 0 Å². The van der Waals surface area contributed by atoms with Crippen molar-refractivity contribution in [2.45, 2.75) is 19.4 Å². The van der Waals surface area contributed by atoms with Gasteiger partial charge in [0.25, 0.3) is 5.91 Å². The third-order valence-electron chi connectivity index (χ3n) is 4.14. The zero-order chi connectivity index (χ0) is 16.6. The molecule has 9 heteroatoms. The Morgan fingerprint density at radius 3 is 2.88 bits per heavy atom. The second kappa shape index (κ2) is 7.46. The lowest BCUT2D eigenvalue weighted by Gasteiger charge is -2.22. The fourth-order valence-corrected chi connectivity index (χ4v) is 2.87. The van der Waals surface area contributed by atoms with Crippen LogP contribution in [0.5, 0.6) is 0 Å². The number of hydrogen-bond acceptors (Lipinski definition) is 4. The lowest BCUT2D eigenvalue weighted by molar-refractivity contribution is 0.0737. The van der Waals surface area contributed by atoms with E-state index in [1.807, 2.05) is 0 Å². The summed E-state index contributed by atoms with van der Waals surface area (Å²) in [5.41, 5.74) is 0.936. The largest absolute Gasteiger partial charge is 0.336 e. The van der Waals surface area contributed by atoms with E-state index in [4.69, 9.17) is 11.6 Å². The van der Waals surface area contributed by atoms with E-state index in [1.54, 1.807) is 24.9 Å². The number of likely N-dealkylation sites (N-methyl/N-ethyl adjacent to an activating group) is 1. The molecule has 1 aromatic heterocycles.